The zero-order valence-electron chi connectivity index (χ0n) is 14.1. The Morgan fingerprint density at radius 2 is 1.48 bits per heavy atom. The summed E-state index contributed by atoms with van der Waals surface area (Å²) in [7, 11) is 0. The average Bonchev–Trinajstić information content (AvgIpc) is 2.34. The molecule has 0 aromatic rings. The monoisotopic (exact) mass is 298 g/mol. The lowest BCUT2D eigenvalue weighted by molar-refractivity contribution is -0.168. The van der Waals surface area contributed by atoms with Crippen molar-refractivity contribution in [3.05, 3.63) is 12.2 Å². The highest BCUT2D eigenvalue weighted by molar-refractivity contribution is 6.29. The van der Waals surface area contributed by atoms with Gasteiger partial charge in [0.2, 0.25) is 0 Å². The molecule has 0 spiro atoms. The van der Waals surface area contributed by atoms with Crippen LogP contribution < -0.4 is 0 Å². The Labute approximate surface area is 128 Å². The van der Waals surface area contributed by atoms with Gasteiger partial charge in [0.25, 0.3) is 0 Å². The number of carbonyl (C=O) groups excluding carboxylic acids is 2. The van der Waals surface area contributed by atoms with Gasteiger partial charge in [-0.15, -0.1) is 0 Å². The van der Waals surface area contributed by atoms with E-state index in [-0.39, 0.29) is 19.1 Å². The Balaban J connectivity index is 3.84. The Kier molecular flexibility index (Phi) is 9.76. The van der Waals surface area contributed by atoms with E-state index in [1.54, 1.807) is 0 Å². The molecule has 0 aromatic carbocycles. The average molecular weight is 298 g/mol. The molecule has 0 N–H and O–H groups in total. The van der Waals surface area contributed by atoms with Crippen LogP contribution in [0, 0.1) is 17.8 Å². The highest BCUT2D eigenvalue weighted by atomic mass is 16.6. The van der Waals surface area contributed by atoms with Crippen molar-refractivity contribution in [2.45, 2.75) is 53.9 Å². The number of hydrogen-bond acceptors (Lipinski definition) is 4. The fourth-order valence-electron chi connectivity index (χ4n) is 1.97. The molecule has 0 fully saturated rings. The molecule has 122 valence electrons. The van der Waals surface area contributed by atoms with E-state index < -0.39 is 11.9 Å². The van der Waals surface area contributed by atoms with Gasteiger partial charge in [-0.05, 0) is 37.0 Å². The Morgan fingerprint density at radius 3 is 2.00 bits per heavy atom. The molecule has 0 amide bonds. The second-order valence-electron chi connectivity index (χ2n) is 6.57. The minimum Gasteiger partial charge on any atom is -0.457 e. The minimum atomic E-state index is -0.902. The first-order valence-corrected chi connectivity index (χ1v) is 7.72. The molecule has 0 aliphatic carbocycles. The summed E-state index contributed by atoms with van der Waals surface area (Å²) in [5, 5.41) is 0. The Morgan fingerprint density at radius 1 is 0.905 bits per heavy atom. The van der Waals surface area contributed by atoms with Crippen molar-refractivity contribution in [2.24, 2.45) is 17.8 Å². The molecule has 4 heteroatoms. The molecule has 0 saturated heterocycles. The van der Waals surface area contributed by atoms with E-state index in [2.05, 4.69) is 27.4 Å². The Bertz CT molecular complexity index is 345. The summed E-state index contributed by atoms with van der Waals surface area (Å²) in [6, 6.07) is 0. The topological polar surface area (TPSA) is 52.6 Å². The van der Waals surface area contributed by atoms with E-state index in [4.69, 9.17) is 9.47 Å². The van der Waals surface area contributed by atoms with Crippen LogP contribution in [0.2, 0.25) is 0 Å². The molecular formula is C17H30O4. The molecule has 0 aliphatic rings. The van der Waals surface area contributed by atoms with Crippen molar-refractivity contribution in [2.75, 3.05) is 13.2 Å². The zero-order valence-corrected chi connectivity index (χ0v) is 14.1. The van der Waals surface area contributed by atoms with Gasteiger partial charge in [-0.3, -0.25) is 0 Å². The van der Waals surface area contributed by atoms with Crippen LogP contribution in [-0.2, 0) is 19.1 Å². The fourth-order valence-corrected chi connectivity index (χ4v) is 1.97. The number of rotatable bonds is 9. The molecule has 21 heavy (non-hydrogen) atoms. The molecule has 0 radical (unpaired) electrons. The van der Waals surface area contributed by atoms with Crippen molar-refractivity contribution in [1.29, 1.82) is 0 Å². The molecule has 0 bridgehead atoms. The van der Waals surface area contributed by atoms with E-state index in [1.807, 2.05) is 13.8 Å². The maximum Gasteiger partial charge on any atom is 0.417 e. The highest BCUT2D eigenvalue weighted by Gasteiger charge is 2.18. The maximum atomic E-state index is 11.4. The third kappa shape index (κ3) is 11.1. The summed E-state index contributed by atoms with van der Waals surface area (Å²) in [6.45, 7) is 14.8. The van der Waals surface area contributed by atoms with Gasteiger partial charge in [0.05, 0.1) is 13.2 Å². The van der Waals surface area contributed by atoms with Crippen molar-refractivity contribution >= 4 is 11.9 Å². The molecule has 0 heterocycles. The molecule has 0 saturated carbocycles. The molecule has 4 nitrogen and oxygen atoms in total. The predicted molar refractivity (Wildman–Crippen MR) is 83.7 cm³/mol. The van der Waals surface area contributed by atoms with Crippen LogP contribution in [0.5, 0.6) is 0 Å². The van der Waals surface area contributed by atoms with Crippen molar-refractivity contribution in [1.82, 2.24) is 0 Å². The van der Waals surface area contributed by atoms with Crippen molar-refractivity contribution in [3.63, 3.8) is 0 Å². The van der Waals surface area contributed by atoms with Gasteiger partial charge < -0.3 is 9.47 Å². The lowest BCUT2D eigenvalue weighted by Crippen LogP contribution is -2.23. The zero-order chi connectivity index (χ0) is 16.4. The van der Waals surface area contributed by atoms with Crippen LogP contribution in [0.1, 0.15) is 53.9 Å². The number of carbonyl (C=O) groups is 2. The Hall–Kier alpha value is -1.32. The molecule has 0 rings (SSSR count). The van der Waals surface area contributed by atoms with Crippen molar-refractivity contribution < 1.29 is 19.1 Å². The number of ether oxygens (including phenoxy) is 2. The van der Waals surface area contributed by atoms with Gasteiger partial charge in [-0.25, -0.2) is 9.59 Å². The van der Waals surface area contributed by atoms with Crippen LogP contribution in [0.4, 0.5) is 0 Å². The van der Waals surface area contributed by atoms with Crippen LogP contribution in [0.3, 0.4) is 0 Å². The third-order valence-corrected chi connectivity index (χ3v) is 2.89. The molecular weight excluding hydrogens is 268 g/mol. The highest BCUT2D eigenvalue weighted by Crippen LogP contribution is 2.19. The summed E-state index contributed by atoms with van der Waals surface area (Å²) in [4.78, 5) is 22.7. The summed E-state index contributed by atoms with van der Waals surface area (Å²) in [6.07, 6.45) is 2.67. The third-order valence-electron chi connectivity index (χ3n) is 2.89. The number of esters is 2. The van der Waals surface area contributed by atoms with Gasteiger partial charge >= 0.3 is 11.9 Å². The quantitative estimate of drug-likeness (QED) is 0.369. The van der Waals surface area contributed by atoms with Crippen molar-refractivity contribution in [3.8, 4) is 0 Å². The lowest BCUT2D eigenvalue weighted by Gasteiger charge is -2.14. The van der Waals surface area contributed by atoms with Crippen LogP contribution in [-0.4, -0.2) is 25.2 Å². The standard InChI is InChI=1S/C17H30O4/c1-12(2)9-15(6)10-14(5)7-8-20-16(18)17(19)21-11-13(3)4/h12-14H,6-11H2,1-5H3. The second-order valence-corrected chi connectivity index (χ2v) is 6.57. The lowest BCUT2D eigenvalue weighted by atomic mass is 9.94. The second kappa shape index (κ2) is 10.4. The van der Waals surface area contributed by atoms with E-state index >= 15 is 0 Å². The molecule has 0 aliphatic heterocycles. The predicted octanol–water partition coefficient (Wildman–Crippen LogP) is 3.75. The summed E-state index contributed by atoms with van der Waals surface area (Å²) >= 11 is 0. The minimum absolute atomic E-state index is 0.203. The van der Waals surface area contributed by atoms with E-state index in [1.165, 1.54) is 5.57 Å². The maximum absolute atomic E-state index is 11.4. The van der Waals surface area contributed by atoms with Gasteiger partial charge in [-0.1, -0.05) is 46.8 Å². The van der Waals surface area contributed by atoms with Gasteiger partial charge in [0.1, 0.15) is 0 Å². The number of hydrogen-bond donors (Lipinski definition) is 0. The summed E-state index contributed by atoms with van der Waals surface area (Å²) in [5.74, 6) is -0.604. The SMILES string of the molecule is C=C(CC(C)C)CC(C)CCOC(=O)C(=O)OCC(C)C. The fraction of sp³-hybridized carbons (Fsp3) is 0.765. The van der Waals surface area contributed by atoms with Crippen LogP contribution in [0.25, 0.3) is 0 Å². The largest absolute Gasteiger partial charge is 0.457 e. The normalized spacial score (nSPS) is 12.3. The van der Waals surface area contributed by atoms with E-state index in [0.717, 1.165) is 19.3 Å². The van der Waals surface area contributed by atoms with Gasteiger partial charge in [0.15, 0.2) is 0 Å². The van der Waals surface area contributed by atoms with E-state index in [0.29, 0.717) is 11.8 Å². The smallest absolute Gasteiger partial charge is 0.417 e. The molecule has 1 unspecified atom stereocenters. The van der Waals surface area contributed by atoms with Gasteiger partial charge in [0, 0.05) is 0 Å². The first-order valence-electron chi connectivity index (χ1n) is 7.72. The summed E-state index contributed by atoms with van der Waals surface area (Å²) < 4.78 is 9.73. The number of allylic oxidation sites excluding steroid dienone is 1. The molecule has 0 aromatic heterocycles. The van der Waals surface area contributed by atoms with Gasteiger partial charge in [-0.2, -0.15) is 0 Å². The van der Waals surface area contributed by atoms with Crippen LogP contribution in [0.15, 0.2) is 12.2 Å². The first kappa shape index (κ1) is 19.7. The van der Waals surface area contributed by atoms with Crippen LogP contribution >= 0.6 is 0 Å². The van der Waals surface area contributed by atoms with E-state index in [9.17, 15) is 9.59 Å². The summed E-state index contributed by atoms with van der Waals surface area (Å²) in [5.41, 5.74) is 1.22. The first-order chi connectivity index (χ1) is 9.72. The molecule has 1 atom stereocenters.